The molecule has 2 aliphatic heterocycles. The second kappa shape index (κ2) is 6.93. The van der Waals surface area contributed by atoms with Crippen LogP contribution in [0, 0.1) is 6.92 Å². The summed E-state index contributed by atoms with van der Waals surface area (Å²) in [7, 11) is 0. The Kier molecular flexibility index (Phi) is 4.50. The Labute approximate surface area is 146 Å². The largest absolute Gasteiger partial charge is 0.337 e. The van der Waals surface area contributed by atoms with Crippen molar-refractivity contribution in [2.75, 3.05) is 6.54 Å². The van der Waals surface area contributed by atoms with Crippen LogP contribution < -0.4 is 10.9 Å². The lowest BCUT2D eigenvalue weighted by atomic mass is 9.98. The molecule has 0 bridgehead atoms. The van der Waals surface area contributed by atoms with Crippen LogP contribution in [-0.2, 0) is 4.79 Å². The molecule has 25 heavy (non-hydrogen) atoms. The van der Waals surface area contributed by atoms with Gasteiger partial charge in [0.2, 0.25) is 11.8 Å². The summed E-state index contributed by atoms with van der Waals surface area (Å²) in [6.07, 6.45) is 3.68. The van der Waals surface area contributed by atoms with Crippen molar-refractivity contribution >= 4 is 5.91 Å². The van der Waals surface area contributed by atoms with Crippen LogP contribution in [0.4, 0.5) is 0 Å². The van der Waals surface area contributed by atoms with Gasteiger partial charge in [-0.15, -0.1) is 0 Å². The molecule has 3 unspecified atom stereocenters. The third-order valence-electron chi connectivity index (χ3n) is 5.02. The first-order valence-electron chi connectivity index (χ1n) is 8.89. The lowest BCUT2D eigenvalue weighted by Crippen LogP contribution is -2.48. The van der Waals surface area contributed by atoms with Crippen molar-refractivity contribution in [3.63, 3.8) is 0 Å². The van der Waals surface area contributed by atoms with E-state index in [4.69, 9.17) is 4.52 Å². The summed E-state index contributed by atoms with van der Waals surface area (Å²) in [5, 5.41) is 3.88. The van der Waals surface area contributed by atoms with Crippen molar-refractivity contribution in [2.24, 2.45) is 0 Å². The van der Waals surface area contributed by atoms with Gasteiger partial charge in [0.05, 0.1) is 0 Å². The third kappa shape index (κ3) is 3.29. The van der Waals surface area contributed by atoms with Crippen LogP contribution in [0.3, 0.4) is 0 Å². The molecule has 0 radical (unpaired) electrons. The zero-order valence-electron chi connectivity index (χ0n) is 14.3. The molecule has 0 aliphatic carbocycles. The molecule has 7 heteroatoms. The molecule has 3 atom stereocenters. The predicted octanol–water partition coefficient (Wildman–Crippen LogP) is 2.04. The van der Waals surface area contributed by atoms with Crippen molar-refractivity contribution in [3.05, 3.63) is 47.6 Å². The van der Waals surface area contributed by atoms with Crippen molar-refractivity contribution < 1.29 is 9.32 Å². The van der Waals surface area contributed by atoms with Crippen molar-refractivity contribution in [1.29, 1.82) is 0 Å². The van der Waals surface area contributed by atoms with Crippen LogP contribution >= 0.6 is 0 Å². The van der Waals surface area contributed by atoms with Crippen LogP contribution in [0.5, 0.6) is 0 Å². The minimum absolute atomic E-state index is 0.103. The number of amides is 1. The summed E-state index contributed by atoms with van der Waals surface area (Å²) in [4.78, 5) is 19.4. The molecule has 2 fully saturated rings. The number of carbonyl (C=O) groups is 1. The van der Waals surface area contributed by atoms with Gasteiger partial charge in [-0.2, -0.15) is 4.98 Å². The number of hydrogen-bond acceptors (Lipinski definition) is 6. The molecule has 4 rings (SSSR count). The molecular weight excluding hydrogens is 318 g/mol. The molecule has 2 N–H and O–H groups in total. The van der Waals surface area contributed by atoms with E-state index < -0.39 is 0 Å². The highest BCUT2D eigenvalue weighted by molar-refractivity contribution is 5.82. The third-order valence-corrected chi connectivity index (χ3v) is 5.02. The summed E-state index contributed by atoms with van der Waals surface area (Å²) < 4.78 is 5.35. The van der Waals surface area contributed by atoms with E-state index >= 15 is 0 Å². The highest BCUT2D eigenvalue weighted by Crippen LogP contribution is 2.32. The van der Waals surface area contributed by atoms with Gasteiger partial charge in [-0.05, 0) is 38.2 Å². The van der Waals surface area contributed by atoms with Crippen LogP contribution in [0.2, 0.25) is 0 Å². The Morgan fingerprint density at radius 3 is 2.84 bits per heavy atom. The maximum atomic E-state index is 13.1. The SMILES string of the molecule is Cc1noc(C2CCCCN2C(=O)C2CC(c3ccccc3)NN2)n1. The molecule has 0 spiro atoms. The topological polar surface area (TPSA) is 83.3 Å². The normalized spacial score (nSPS) is 26.8. The lowest BCUT2D eigenvalue weighted by molar-refractivity contribution is -0.137. The van der Waals surface area contributed by atoms with Gasteiger partial charge < -0.3 is 9.42 Å². The van der Waals surface area contributed by atoms with E-state index in [2.05, 4.69) is 33.1 Å². The van der Waals surface area contributed by atoms with Crippen molar-refractivity contribution in [1.82, 2.24) is 25.9 Å². The van der Waals surface area contributed by atoms with E-state index in [0.717, 1.165) is 32.2 Å². The first-order valence-corrected chi connectivity index (χ1v) is 8.89. The molecule has 132 valence electrons. The Hall–Kier alpha value is -2.25. The number of likely N-dealkylation sites (tertiary alicyclic amines) is 1. The summed E-state index contributed by atoms with van der Waals surface area (Å²) in [6, 6.07) is 9.99. The molecule has 2 saturated heterocycles. The molecule has 1 aromatic heterocycles. The van der Waals surface area contributed by atoms with E-state index in [1.165, 1.54) is 5.56 Å². The van der Waals surface area contributed by atoms with Gasteiger partial charge >= 0.3 is 0 Å². The molecule has 3 heterocycles. The molecule has 1 aromatic carbocycles. The second-order valence-electron chi connectivity index (χ2n) is 6.76. The number of nitrogens with one attached hydrogen (secondary N) is 2. The van der Waals surface area contributed by atoms with Gasteiger partial charge in [-0.25, -0.2) is 10.9 Å². The van der Waals surface area contributed by atoms with E-state index in [1.54, 1.807) is 6.92 Å². The fourth-order valence-corrected chi connectivity index (χ4v) is 3.72. The maximum Gasteiger partial charge on any atom is 0.249 e. The number of piperidine rings is 1. The number of rotatable bonds is 3. The summed E-state index contributed by atoms with van der Waals surface area (Å²) in [5.41, 5.74) is 7.61. The number of benzene rings is 1. The molecule has 2 aromatic rings. The summed E-state index contributed by atoms with van der Waals surface area (Å²) in [5.74, 6) is 1.26. The summed E-state index contributed by atoms with van der Waals surface area (Å²) >= 11 is 0. The number of carbonyl (C=O) groups excluding carboxylic acids is 1. The highest BCUT2D eigenvalue weighted by Gasteiger charge is 2.38. The van der Waals surface area contributed by atoms with Gasteiger partial charge in [-0.3, -0.25) is 4.79 Å². The second-order valence-corrected chi connectivity index (χ2v) is 6.76. The monoisotopic (exact) mass is 341 g/mol. The molecular formula is C18H23N5O2. The van der Waals surface area contributed by atoms with E-state index in [-0.39, 0.29) is 24.0 Å². The Balaban J connectivity index is 1.48. The van der Waals surface area contributed by atoms with Crippen molar-refractivity contribution in [3.8, 4) is 0 Å². The standard InChI is InChI=1S/C18H23N5O2/c1-12-19-17(25-22-12)16-9-5-6-10-23(16)18(24)15-11-14(20-21-15)13-7-3-2-4-8-13/h2-4,7-8,14-16,20-21H,5-6,9-11H2,1H3. The van der Waals surface area contributed by atoms with Crippen LogP contribution in [0.1, 0.15) is 55.0 Å². The fraction of sp³-hybridized carbons (Fsp3) is 0.500. The molecule has 7 nitrogen and oxygen atoms in total. The Morgan fingerprint density at radius 1 is 1.24 bits per heavy atom. The highest BCUT2D eigenvalue weighted by atomic mass is 16.5. The average molecular weight is 341 g/mol. The first kappa shape index (κ1) is 16.2. The number of hydrogen-bond donors (Lipinski definition) is 2. The van der Waals surface area contributed by atoms with Gasteiger partial charge in [0.25, 0.3) is 0 Å². The van der Waals surface area contributed by atoms with Crippen LogP contribution in [-0.4, -0.2) is 33.5 Å². The number of nitrogens with zero attached hydrogens (tertiary/aromatic N) is 3. The summed E-state index contributed by atoms with van der Waals surface area (Å²) in [6.45, 7) is 2.54. The molecule has 2 aliphatic rings. The minimum atomic E-state index is -0.241. The predicted molar refractivity (Wildman–Crippen MR) is 91.2 cm³/mol. The fourth-order valence-electron chi connectivity index (χ4n) is 3.72. The van der Waals surface area contributed by atoms with Gasteiger partial charge in [-0.1, -0.05) is 35.5 Å². The molecule has 0 saturated carbocycles. The Morgan fingerprint density at radius 2 is 2.08 bits per heavy atom. The van der Waals surface area contributed by atoms with Crippen LogP contribution in [0.15, 0.2) is 34.9 Å². The Bertz CT molecular complexity index is 732. The smallest absolute Gasteiger partial charge is 0.249 e. The zero-order chi connectivity index (χ0) is 17.2. The number of aryl methyl sites for hydroxylation is 1. The minimum Gasteiger partial charge on any atom is -0.337 e. The van der Waals surface area contributed by atoms with Crippen molar-refractivity contribution in [2.45, 2.75) is 50.7 Å². The lowest BCUT2D eigenvalue weighted by Gasteiger charge is -2.35. The van der Waals surface area contributed by atoms with Gasteiger partial charge in [0, 0.05) is 12.6 Å². The number of hydrazine groups is 1. The zero-order valence-corrected chi connectivity index (χ0v) is 14.3. The van der Waals surface area contributed by atoms with Gasteiger partial charge in [0.1, 0.15) is 12.1 Å². The van der Waals surface area contributed by atoms with E-state index in [9.17, 15) is 4.79 Å². The quantitative estimate of drug-likeness (QED) is 0.889. The maximum absolute atomic E-state index is 13.1. The van der Waals surface area contributed by atoms with Crippen LogP contribution in [0.25, 0.3) is 0 Å². The van der Waals surface area contributed by atoms with E-state index in [1.807, 2.05) is 23.1 Å². The van der Waals surface area contributed by atoms with E-state index in [0.29, 0.717) is 11.7 Å². The molecule has 1 amide bonds. The average Bonchev–Trinajstić information content (AvgIpc) is 3.31. The van der Waals surface area contributed by atoms with Gasteiger partial charge in [0.15, 0.2) is 5.82 Å². The number of aromatic nitrogens is 2. The first-order chi connectivity index (χ1) is 12.2.